The molecule has 1 aliphatic heterocycles. The Morgan fingerprint density at radius 2 is 1.24 bits per heavy atom. The lowest BCUT2D eigenvalue weighted by atomic mass is 9.84. The minimum Gasteiger partial charge on any atom is -0.475 e. The van der Waals surface area contributed by atoms with Gasteiger partial charge in [0, 0.05) is 36.2 Å². The highest BCUT2D eigenvalue weighted by molar-refractivity contribution is 6.09. The van der Waals surface area contributed by atoms with E-state index in [-0.39, 0.29) is 37.5 Å². The lowest BCUT2D eigenvalue weighted by Gasteiger charge is -2.29. The van der Waals surface area contributed by atoms with Gasteiger partial charge in [-0.1, -0.05) is 86.7 Å². The number of nitrogens with one attached hydrogen (secondary N) is 5. The topological polar surface area (TPSA) is 269 Å². The molecule has 2 aliphatic rings. The maximum atomic E-state index is 14.2. The van der Waals surface area contributed by atoms with Crippen LogP contribution < -0.4 is 38.1 Å². The SMILES string of the molecule is NCCCCC1NC(=O)/C=C/C(=O)N[C@H](C(N)=O)CCCCNC(=O)[C@@H](Cc2ccc(C(=O)c3ccccc3)cc2)NC(=O)C(CC2CCCCC2)NC1=O.O=C(O)C(F)(F)F. The van der Waals surface area contributed by atoms with Gasteiger partial charge in [0.05, 0.1) is 0 Å². The first-order valence-corrected chi connectivity index (χ1v) is 20.6. The molecule has 4 atom stereocenters. The minimum atomic E-state index is -5.08. The second-order valence-corrected chi connectivity index (χ2v) is 15.2. The molecule has 0 spiro atoms. The van der Waals surface area contributed by atoms with Gasteiger partial charge in [-0.25, -0.2) is 4.79 Å². The van der Waals surface area contributed by atoms with Gasteiger partial charge in [-0.2, -0.15) is 13.2 Å². The van der Waals surface area contributed by atoms with Crippen molar-refractivity contribution >= 4 is 47.2 Å². The molecule has 1 saturated carbocycles. The molecule has 0 saturated heterocycles. The zero-order valence-electron chi connectivity index (χ0n) is 34.3. The Bertz CT molecular complexity index is 1870. The van der Waals surface area contributed by atoms with E-state index in [1.54, 1.807) is 48.5 Å². The number of benzene rings is 2. The Labute approximate surface area is 357 Å². The molecule has 1 heterocycles. The Hall–Kier alpha value is -6.11. The number of halogens is 3. The Balaban J connectivity index is 0.00000134. The van der Waals surface area contributed by atoms with Crippen LogP contribution in [0.4, 0.5) is 13.2 Å². The Morgan fingerprint density at radius 1 is 0.677 bits per heavy atom. The van der Waals surface area contributed by atoms with Crippen LogP contribution in [0.1, 0.15) is 98.5 Å². The third-order valence-electron chi connectivity index (χ3n) is 10.3. The van der Waals surface area contributed by atoms with Crippen LogP contribution >= 0.6 is 0 Å². The standard InChI is InChI=1S/C41H55N7O7.C2HF3O2/c42-23-9-7-16-32-40(54)48-34(25-27-11-3-1-4-12-27)41(55)47-33(26-28-17-19-30(20-18-28)37(51)29-13-5-2-6-14-29)39(53)44-24-10-8-15-31(38(43)52)45-35(49)21-22-36(50)46-32;3-2(4,5)1(6)7/h2,5-6,13-14,17-22,27,31-34H,1,3-4,7-12,15-16,23-26,42H2,(H2,43,52)(H,44,53)(H,45,49)(H,46,50)(H,47,55)(H,48,54);(H,6,7)/b22-21+;/t31-,32?,33+,34?;/m0./s1. The molecule has 62 heavy (non-hydrogen) atoms. The van der Waals surface area contributed by atoms with Crippen LogP contribution in [0.25, 0.3) is 0 Å². The quantitative estimate of drug-likeness (QED) is 0.121. The fourth-order valence-electron chi connectivity index (χ4n) is 6.97. The molecule has 1 fully saturated rings. The molecule has 6 amide bonds. The predicted molar refractivity (Wildman–Crippen MR) is 221 cm³/mol. The molecule has 16 nitrogen and oxygen atoms in total. The second kappa shape index (κ2) is 25.6. The first-order chi connectivity index (χ1) is 29.5. The third kappa shape index (κ3) is 17.9. The van der Waals surface area contributed by atoms with E-state index in [0.29, 0.717) is 55.3 Å². The summed E-state index contributed by atoms with van der Waals surface area (Å²) in [5.41, 5.74) is 12.9. The summed E-state index contributed by atoms with van der Waals surface area (Å²) in [5, 5.41) is 20.9. The van der Waals surface area contributed by atoms with Crippen LogP contribution in [-0.2, 0) is 40.0 Å². The van der Waals surface area contributed by atoms with Crippen molar-refractivity contribution in [3.63, 3.8) is 0 Å². The molecular formula is C43H56F3N7O9. The van der Waals surface area contributed by atoms with Crippen LogP contribution in [0.15, 0.2) is 66.7 Å². The molecule has 4 rings (SSSR count). The first-order valence-electron chi connectivity index (χ1n) is 20.6. The van der Waals surface area contributed by atoms with E-state index in [0.717, 1.165) is 44.3 Å². The molecule has 2 unspecified atom stereocenters. The number of hydrogen-bond acceptors (Lipinski definition) is 9. The number of aliphatic carboxylic acids is 1. The van der Waals surface area contributed by atoms with Crippen molar-refractivity contribution in [1.82, 2.24) is 26.6 Å². The lowest BCUT2D eigenvalue weighted by molar-refractivity contribution is -0.192. The smallest absolute Gasteiger partial charge is 0.475 e. The number of primary amides is 1. The first kappa shape index (κ1) is 50.2. The molecule has 2 aromatic carbocycles. The highest BCUT2D eigenvalue weighted by Crippen LogP contribution is 2.27. The summed E-state index contributed by atoms with van der Waals surface area (Å²) in [6.07, 6.45) is 4.62. The van der Waals surface area contributed by atoms with Gasteiger partial charge in [-0.05, 0) is 63.0 Å². The van der Waals surface area contributed by atoms with Crippen molar-refractivity contribution in [1.29, 1.82) is 0 Å². The number of carboxylic acid groups (broad SMARTS) is 1. The average molecular weight is 872 g/mol. The number of carboxylic acids is 1. The molecule has 0 radical (unpaired) electrons. The normalized spacial score (nSPS) is 21.9. The van der Waals surface area contributed by atoms with Crippen molar-refractivity contribution in [2.45, 2.75) is 114 Å². The van der Waals surface area contributed by atoms with Gasteiger partial charge >= 0.3 is 12.1 Å². The van der Waals surface area contributed by atoms with E-state index < -0.39 is 71.8 Å². The van der Waals surface area contributed by atoms with E-state index >= 15 is 0 Å². The van der Waals surface area contributed by atoms with Crippen LogP contribution in [0.5, 0.6) is 0 Å². The number of hydrogen-bond donors (Lipinski definition) is 8. The van der Waals surface area contributed by atoms with E-state index in [2.05, 4.69) is 26.6 Å². The number of carbonyl (C=O) groups is 8. The van der Waals surface area contributed by atoms with Crippen molar-refractivity contribution in [3.8, 4) is 0 Å². The zero-order chi connectivity index (χ0) is 45.7. The summed E-state index contributed by atoms with van der Waals surface area (Å²) in [7, 11) is 0. The number of nitrogens with two attached hydrogens (primary N) is 2. The number of alkyl halides is 3. The largest absolute Gasteiger partial charge is 0.490 e. The highest BCUT2D eigenvalue weighted by Gasteiger charge is 2.38. The van der Waals surface area contributed by atoms with Crippen LogP contribution in [-0.4, -0.2) is 95.7 Å². The number of rotatable bonds is 11. The van der Waals surface area contributed by atoms with E-state index in [4.69, 9.17) is 21.4 Å². The molecule has 0 aromatic heterocycles. The highest BCUT2D eigenvalue weighted by atomic mass is 19.4. The molecule has 2 aromatic rings. The summed E-state index contributed by atoms with van der Waals surface area (Å²) >= 11 is 0. The molecular weight excluding hydrogens is 816 g/mol. The second-order valence-electron chi connectivity index (χ2n) is 15.2. The van der Waals surface area contributed by atoms with Gasteiger partial charge in [0.1, 0.15) is 24.2 Å². The van der Waals surface area contributed by atoms with Gasteiger partial charge in [0.25, 0.3) is 0 Å². The van der Waals surface area contributed by atoms with Gasteiger partial charge in [0.2, 0.25) is 35.4 Å². The molecule has 10 N–H and O–H groups in total. The average Bonchev–Trinajstić information content (AvgIpc) is 3.24. The monoisotopic (exact) mass is 871 g/mol. The Kier molecular flexibility index (Phi) is 20.8. The summed E-state index contributed by atoms with van der Waals surface area (Å²) < 4.78 is 31.7. The molecule has 19 heteroatoms. The van der Waals surface area contributed by atoms with Crippen molar-refractivity contribution in [2.24, 2.45) is 17.4 Å². The van der Waals surface area contributed by atoms with E-state index in [9.17, 15) is 46.7 Å². The number of ketones is 1. The van der Waals surface area contributed by atoms with Crippen molar-refractivity contribution in [2.75, 3.05) is 13.1 Å². The molecule has 0 bridgehead atoms. The van der Waals surface area contributed by atoms with Crippen molar-refractivity contribution in [3.05, 3.63) is 83.4 Å². The molecule has 1 aliphatic carbocycles. The molecule has 338 valence electrons. The summed E-state index contributed by atoms with van der Waals surface area (Å²) in [6.45, 7) is 0.591. The van der Waals surface area contributed by atoms with E-state index in [1.165, 1.54) is 0 Å². The van der Waals surface area contributed by atoms with Gasteiger partial charge in [-0.3, -0.25) is 33.6 Å². The Morgan fingerprint density at radius 3 is 1.84 bits per heavy atom. The van der Waals surface area contributed by atoms with Gasteiger partial charge in [-0.15, -0.1) is 0 Å². The number of amides is 6. The minimum absolute atomic E-state index is 0.0986. The van der Waals surface area contributed by atoms with Gasteiger partial charge in [0.15, 0.2) is 5.78 Å². The van der Waals surface area contributed by atoms with Crippen LogP contribution in [0, 0.1) is 5.92 Å². The van der Waals surface area contributed by atoms with Crippen LogP contribution in [0.2, 0.25) is 0 Å². The number of unbranched alkanes of at least 4 members (excludes halogenated alkanes) is 1. The maximum Gasteiger partial charge on any atom is 0.490 e. The fraction of sp³-hybridized carbons (Fsp3) is 0.488. The summed E-state index contributed by atoms with van der Waals surface area (Å²) in [4.78, 5) is 101. The fourth-order valence-corrected chi connectivity index (χ4v) is 6.97. The maximum absolute atomic E-state index is 14.2. The van der Waals surface area contributed by atoms with E-state index in [1.807, 2.05) is 6.07 Å². The third-order valence-corrected chi connectivity index (χ3v) is 10.3. The van der Waals surface area contributed by atoms with Crippen LogP contribution in [0.3, 0.4) is 0 Å². The van der Waals surface area contributed by atoms with Crippen molar-refractivity contribution < 1.29 is 56.6 Å². The van der Waals surface area contributed by atoms with Gasteiger partial charge < -0.3 is 43.2 Å². The lowest BCUT2D eigenvalue weighted by Crippen LogP contribution is -2.57. The summed E-state index contributed by atoms with van der Waals surface area (Å²) in [5.74, 6) is -6.47. The predicted octanol–water partition coefficient (Wildman–Crippen LogP) is 2.47. The number of carbonyl (C=O) groups excluding carboxylic acids is 7. The zero-order valence-corrected chi connectivity index (χ0v) is 34.3. The summed E-state index contributed by atoms with van der Waals surface area (Å²) in [6, 6.07) is 11.7.